The number of hydrogen-bond donors (Lipinski definition) is 1. The van der Waals surface area contributed by atoms with Gasteiger partial charge in [0, 0.05) is 12.6 Å². The molecule has 1 N–H and O–H groups in total. The van der Waals surface area contributed by atoms with Crippen molar-refractivity contribution in [2.45, 2.75) is 51.1 Å². The summed E-state index contributed by atoms with van der Waals surface area (Å²) in [7, 11) is 0. The van der Waals surface area contributed by atoms with Crippen molar-refractivity contribution in [2.75, 3.05) is 13.2 Å². The molecule has 1 aromatic carbocycles. The average Bonchev–Trinajstić information content (AvgIpc) is 3.21. The minimum absolute atomic E-state index is 0.0186. The third kappa shape index (κ3) is 4.03. The van der Waals surface area contributed by atoms with E-state index in [9.17, 15) is 9.59 Å². The summed E-state index contributed by atoms with van der Waals surface area (Å²) in [6.45, 7) is 3.25. The fraction of sp³-hybridized carbons (Fsp3) is 0.556. The zero-order valence-electron chi connectivity index (χ0n) is 13.6. The van der Waals surface area contributed by atoms with Gasteiger partial charge in [0.15, 0.2) is 0 Å². The van der Waals surface area contributed by atoms with Crippen LogP contribution in [0.25, 0.3) is 0 Å². The molecule has 1 atom stereocenters. The molecule has 23 heavy (non-hydrogen) atoms. The van der Waals surface area contributed by atoms with Crippen molar-refractivity contribution >= 4 is 11.8 Å². The molecule has 0 aromatic heterocycles. The smallest absolute Gasteiger partial charge is 0.243 e. The quantitative estimate of drug-likeness (QED) is 0.872. The van der Waals surface area contributed by atoms with Crippen LogP contribution < -0.4 is 10.1 Å². The van der Waals surface area contributed by atoms with E-state index >= 15 is 0 Å². The largest absolute Gasteiger partial charge is 0.494 e. The van der Waals surface area contributed by atoms with Gasteiger partial charge in [0.05, 0.1) is 13.0 Å². The lowest BCUT2D eigenvalue weighted by Crippen LogP contribution is -2.47. The number of likely N-dealkylation sites (tertiary alicyclic amines) is 1. The van der Waals surface area contributed by atoms with Crippen molar-refractivity contribution in [3.63, 3.8) is 0 Å². The van der Waals surface area contributed by atoms with E-state index in [1.54, 1.807) is 4.90 Å². The third-order valence-electron chi connectivity index (χ3n) is 4.39. The summed E-state index contributed by atoms with van der Waals surface area (Å²) < 4.78 is 5.41. The first-order chi connectivity index (χ1) is 11.2. The molecule has 1 saturated carbocycles. The van der Waals surface area contributed by atoms with Crippen LogP contribution in [0.5, 0.6) is 5.75 Å². The lowest BCUT2D eigenvalue weighted by atomic mass is 10.1. The number of benzene rings is 1. The van der Waals surface area contributed by atoms with Gasteiger partial charge in [-0.05, 0) is 50.3 Å². The second-order valence-electron chi connectivity index (χ2n) is 6.28. The number of ether oxygens (including phenoxy) is 1. The van der Waals surface area contributed by atoms with Crippen LogP contribution in [0.2, 0.25) is 0 Å². The second-order valence-corrected chi connectivity index (χ2v) is 6.28. The Kier molecular flexibility index (Phi) is 4.84. The molecule has 1 aliphatic heterocycles. The van der Waals surface area contributed by atoms with Crippen molar-refractivity contribution in [1.82, 2.24) is 10.2 Å². The molecular weight excluding hydrogens is 292 g/mol. The molecule has 0 bridgehead atoms. The molecule has 1 heterocycles. The molecule has 2 aliphatic rings. The fourth-order valence-electron chi connectivity index (χ4n) is 3.01. The summed E-state index contributed by atoms with van der Waals surface area (Å²) in [5.41, 5.74) is 0.951. The number of carbonyl (C=O) groups excluding carboxylic acids is 2. The normalized spacial score (nSPS) is 20.4. The fourth-order valence-corrected chi connectivity index (χ4v) is 3.01. The number of rotatable bonds is 6. The van der Waals surface area contributed by atoms with Gasteiger partial charge in [0.2, 0.25) is 11.8 Å². The van der Waals surface area contributed by atoms with E-state index in [2.05, 4.69) is 5.32 Å². The van der Waals surface area contributed by atoms with Gasteiger partial charge in [-0.2, -0.15) is 0 Å². The van der Waals surface area contributed by atoms with Gasteiger partial charge in [-0.1, -0.05) is 12.1 Å². The summed E-state index contributed by atoms with van der Waals surface area (Å²) in [5.74, 6) is 0.860. The van der Waals surface area contributed by atoms with Crippen molar-refractivity contribution in [2.24, 2.45) is 0 Å². The van der Waals surface area contributed by atoms with Gasteiger partial charge >= 0.3 is 0 Å². The van der Waals surface area contributed by atoms with Gasteiger partial charge in [-0.25, -0.2) is 0 Å². The van der Waals surface area contributed by atoms with Gasteiger partial charge < -0.3 is 15.0 Å². The zero-order chi connectivity index (χ0) is 16.2. The first-order valence-corrected chi connectivity index (χ1v) is 8.49. The molecule has 1 unspecified atom stereocenters. The maximum atomic E-state index is 12.6. The molecule has 2 fully saturated rings. The molecule has 5 nitrogen and oxygen atoms in total. The molecule has 124 valence electrons. The second kappa shape index (κ2) is 7.02. The molecular formula is C18H24N2O3. The molecule has 1 saturated heterocycles. The van der Waals surface area contributed by atoms with Crippen LogP contribution in [0.4, 0.5) is 0 Å². The molecule has 2 amide bonds. The van der Waals surface area contributed by atoms with Crippen molar-refractivity contribution < 1.29 is 14.3 Å². The van der Waals surface area contributed by atoms with Crippen LogP contribution in [0.1, 0.15) is 38.2 Å². The van der Waals surface area contributed by atoms with E-state index in [0.29, 0.717) is 25.6 Å². The number of hydrogen-bond acceptors (Lipinski definition) is 3. The average molecular weight is 316 g/mol. The highest BCUT2D eigenvalue weighted by Crippen LogP contribution is 2.23. The molecule has 0 radical (unpaired) electrons. The highest BCUT2D eigenvalue weighted by Gasteiger charge is 2.36. The number of amides is 2. The summed E-state index contributed by atoms with van der Waals surface area (Å²) in [6, 6.07) is 7.65. The zero-order valence-corrected chi connectivity index (χ0v) is 13.6. The van der Waals surface area contributed by atoms with Crippen LogP contribution >= 0.6 is 0 Å². The van der Waals surface area contributed by atoms with Crippen LogP contribution in [0.3, 0.4) is 0 Å². The Morgan fingerprint density at radius 2 is 1.96 bits per heavy atom. The first kappa shape index (κ1) is 15.8. The van der Waals surface area contributed by atoms with Gasteiger partial charge in [-0.15, -0.1) is 0 Å². The Balaban J connectivity index is 1.58. The van der Waals surface area contributed by atoms with Crippen molar-refractivity contribution in [1.29, 1.82) is 0 Å². The summed E-state index contributed by atoms with van der Waals surface area (Å²) in [4.78, 5) is 26.6. The number of nitrogens with zero attached hydrogens (tertiary/aromatic N) is 1. The van der Waals surface area contributed by atoms with E-state index in [4.69, 9.17) is 4.74 Å². The lowest BCUT2D eigenvalue weighted by molar-refractivity contribution is -0.138. The van der Waals surface area contributed by atoms with Gasteiger partial charge in [0.25, 0.3) is 0 Å². The molecule has 1 aliphatic carbocycles. The molecule has 0 spiro atoms. The third-order valence-corrected chi connectivity index (χ3v) is 4.39. The van der Waals surface area contributed by atoms with Crippen molar-refractivity contribution in [3.05, 3.63) is 29.8 Å². The van der Waals surface area contributed by atoms with E-state index in [-0.39, 0.29) is 17.9 Å². The Hall–Kier alpha value is -2.04. The van der Waals surface area contributed by atoms with Crippen molar-refractivity contribution in [3.8, 4) is 5.75 Å². The van der Waals surface area contributed by atoms with Crippen LogP contribution in [0, 0.1) is 0 Å². The summed E-state index contributed by atoms with van der Waals surface area (Å²) in [6.07, 6.45) is 4.14. The SMILES string of the molecule is CCOc1ccc(CC(=O)N2CCCC2C(=O)NC2CC2)cc1. The highest BCUT2D eigenvalue weighted by molar-refractivity contribution is 5.89. The van der Waals surface area contributed by atoms with Crippen LogP contribution in [-0.2, 0) is 16.0 Å². The predicted octanol–water partition coefficient (Wildman–Crippen LogP) is 1.90. The highest BCUT2D eigenvalue weighted by atomic mass is 16.5. The molecule has 5 heteroatoms. The Morgan fingerprint density at radius 3 is 2.61 bits per heavy atom. The van der Waals surface area contributed by atoms with E-state index in [0.717, 1.165) is 37.0 Å². The summed E-state index contributed by atoms with van der Waals surface area (Å²) in [5, 5.41) is 3.02. The van der Waals surface area contributed by atoms with Gasteiger partial charge in [0.1, 0.15) is 11.8 Å². The number of nitrogens with one attached hydrogen (secondary N) is 1. The minimum atomic E-state index is -0.286. The van der Waals surface area contributed by atoms with Crippen LogP contribution in [0.15, 0.2) is 24.3 Å². The topological polar surface area (TPSA) is 58.6 Å². The standard InChI is InChI=1S/C18H24N2O3/c1-2-23-15-9-5-13(6-10-15)12-17(21)20-11-3-4-16(20)18(22)19-14-7-8-14/h5-6,9-10,14,16H,2-4,7-8,11-12H2,1H3,(H,19,22). The number of carbonyl (C=O) groups is 2. The molecule has 3 rings (SSSR count). The maximum Gasteiger partial charge on any atom is 0.243 e. The monoisotopic (exact) mass is 316 g/mol. The Bertz CT molecular complexity index is 566. The Labute approximate surface area is 137 Å². The summed E-state index contributed by atoms with van der Waals surface area (Å²) >= 11 is 0. The first-order valence-electron chi connectivity index (χ1n) is 8.49. The van der Waals surface area contributed by atoms with Crippen LogP contribution in [-0.4, -0.2) is 41.9 Å². The molecule has 1 aromatic rings. The minimum Gasteiger partial charge on any atom is -0.494 e. The lowest BCUT2D eigenvalue weighted by Gasteiger charge is -2.24. The van der Waals surface area contributed by atoms with E-state index in [1.807, 2.05) is 31.2 Å². The van der Waals surface area contributed by atoms with E-state index in [1.165, 1.54) is 0 Å². The predicted molar refractivity (Wildman–Crippen MR) is 87.2 cm³/mol. The maximum absolute atomic E-state index is 12.6. The Morgan fingerprint density at radius 1 is 1.22 bits per heavy atom. The van der Waals surface area contributed by atoms with Gasteiger partial charge in [-0.3, -0.25) is 9.59 Å². The van der Waals surface area contributed by atoms with E-state index < -0.39 is 0 Å².